The molecule has 0 aliphatic heterocycles. The molecule has 0 bridgehead atoms. The third kappa shape index (κ3) is 2.61. The summed E-state index contributed by atoms with van der Waals surface area (Å²) in [6.07, 6.45) is 0. The fraction of sp³-hybridized carbons (Fsp3) is 0. The summed E-state index contributed by atoms with van der Waals surface area (Å²) in [6, 6.07) is 9.72. The Hall–Kier alpha value is 1.08. The van der Waals surface area contributed by atoms with Crippen molar-refractivity contribution in [3.05, 3.63) is 30.3 Å². The molecule has 0 fully saturated rings. The van der Waals surface area contributed by atoms with Gasteiger partial charge in [-0.15, -0.1) is 0 Å². The maximum absolute atomic E-state index is 5.95. The van der Waals surface area contributed by atoms with Gasteiger partial charge >= 0.3 is 78.4 Å². The van der Waals surface area contributed by atoms with Crippen molar-refractivity contribution in [1.82, 2.24) is 0 Å². The second kappa shape index (κ2) is 3.65. The van der Waals surface area contributed by atoms with Crippen molar-refractivity contribution >= 4 is 48.0 Å². The first-order valence-electron chi connectivity index (χ1n) is 2.73. The van der Waals surface area contributed by atoms with Crippen LogP contribution in [-0.2, 0) is 0 Å². The van der Waals surface area contributed by atoms with E-state index < -0.39 is 13.9 Å². The van der Waals surface area contributed by atoms with Gasteiger partial charge in [0.25, 0.3) is 0 Å². The number of benzene rings is 1. The van der Waals surface area contributed by atoms with E-state index >= 15 is 0 Å². The Kier molecular flexibility index (Phi) is 3.35. The van der Waals surface area contributed by atoms with Gasteiger partial charge in [0.15, 0.2) is 0 Å². The fourth-order valence-electron chi connectivity index (χ4n) is 0.627. The van der Waals surface area contributed by atoms with E-state index in [1.165, 1.54) is 0 Å². The van der Waals surface area contributed by atoms with E-state index in [9.17, 15) is 0 Å². The van der Waals surface area contributed by atoms with Crippen LogP contribution >= 0.6 is 30.5 Å². The van der Waals surface area contributed by atoms with E-state index in [4.69, 9.17) is 17.8 Å². The van der Waals surface area contributed by atoms with Gasteiger partial charge < -0.3 is 0 Å². The van der Waals surface area contributed by atoms with Gasteiger partial charge in [-0.25, -0.2) is 0 Å². The van der Waals surface area contributed by atoms with Crippen LogP contribution in [0.3, 0.4) is 0 Å². The first-order chi connectivity index (χ1) is 4.61. The summed E-state index contributed by atoms with van der Waals surface area (Å²) in [6.45, 7) is 0. The summed E-state index contributed by atoms with van der Waals surface area (Å²) < 4.78 is 1.06. The number of hydrogen-bond acceptors (Lipinski definition) is 0. The molecule has 4 heteroatoms. The van der Waals surface area contributed by atoms with Gasteiger partial charge in [0.05, 0.1) is 0 Å². The molecular formula is C6H5BrCl2Sn. The minimum atomic E-state index is -2.96. The molecule has 0 heterocycles. The molecule has 0 atom stereocenters. The second-order valence-electron chi connectivity index (χ2n) is 1.86. The van der Waals surface area contributed by atoms with E-state index in [1.807, 2.05) is 30.3 Å². The first-order valence-corrected chi connectivity index (χ1v) is 17.8. The second-order valence-corrected chi connectivity index (χ2v) is 29.4. The first kappa shape index (κ1) is 9.17. The zero-order valence-corrected chi connectivity index (χ0v) is 11.0. The predicted molar refractivity (Wildman–Crippen MR) is 52.5 cm³/mol. The molecule has 0 aliphatic carbocycles. The predicted octanol–water partition coefficient (Wildman–Crippen LogP) is 2.71. The van der Waals surface area contributed by atoms with Crippen LogP contribution < -0.4 is 3.58 Å². The van der Waals surface area contributed by atoms with E-state index in [0.29, 0.717) is 0 Å². The van der Waals surface area contributed by atoms with Crippen molar-refractivity contribution in [3.63, 3.8) is 0 Å². The Morgan fingerprint density at radius 1 is 1.10 bits per heavy atom. The number of hydrogen-bond donors (Lipinski definition) is 0. The molecule has 1 aromatic rings. The quantitative estimate of drug-likeness (QED) is 0.686. The van der Waals surface area contributed by atoms with E-state index in [0.717, 1.165) is 3.58 Å². The van der Waals surface area contributed by atoms with Crippen molar-refractivity contribution in [1.29, 1.82) is 0 Å². The summed E-state index contributed by atoms with van der Waals surface area (Å²) in [7, 11) is 11.9. The third-order valence-electron chi connectivity index (χ3n) is 1.10. The average molecular weight is 347 g/mol. The Bertz CT molecular complexity index is 207. The molecule has 0 N–H and O–H groups in total. The fourth-order valence-corrected chi connectivity index (χ4v) is 5.72. The summed E-state index contributed by atoms with van der Waals surface area (Å²) in [5.41, 5.74) is 0. The molecule has 10 heavy (non-hydrogen) atoms. The van der Waals surface area contributed by atoms with Crippen molar-refractivity contribution < 1.29 is 0 Å². The molecule has 0 radical (unpaired) electrons. The van der Waals surface area contributed by atoms with E-state index in [1.54, 1.807) is 0 Å². The molecule has 0 amide bonds. The zero-order chi connectivity index (χ0) is 7.61. The van der Waals surface area contributed by atoms with Crippen molar-refractivity contribution in [2.45, 2.75) is 0 Å². The van der Waals surface area contributed by atoms with E-state index in [-0.39, 0.29) is 0 Å². The SMILES string of the molecule is [Cl][Sn]([Cl])([Br])[c]1ccccc1. The zero-order valence-electron chi connectivity index (χ0n) is 5.02. The number of halogens is 3. The minimum absolute atomic E-state index is 1.06. The van der Waals surface area contributed by atoms with Crippen LogP contribution in [0.15, 0.2) is 30.3 Å². The van der Waals surface area contributed by atoms with Gasteiger partial charge in [0.1, 0.15) is 0 Å². The molecule has 0 aromatic heterocycles. The maximum atomic E-state index is 5.95. The Balaban J connectivity index is 2.97. The molecule has 0 saturated heterocycles. The van der Waals surface area contributed by atoms with Crippen LogP contribution in [0.25, 0.3) is 0 Å². The average Bonchev–Trinajstić information content (AvgIpc) is 1.88. The third-order valence-corrected chi connectivity index (χ3v) is 9.92. The summed E-state index contributed by atoms with van der Waals surface area (Å²) in [5, 5.41) is 0. The van der Waals surface area contributed by atoms with Gasteiger partial charge in [-0.3, -0.25) is 0 Å². The molecule has 1 aromatic carbocycles. The van der Waals surface area contributed by atoms with E-state index in [2.05, 4.69) is 12.7 Å². The Morgan fingerprint density at radius 3 is 1.90 bits per heavy atom. The van der Waals surface area contributed by atoms with Crippen LogP contribution in [0.4, 0.5) is 0 Å². The molecule has 1 rings (SSSR count). The number of rotatable bonds is 1. The Morgan fingerprint density at radius 2 is 1.60 bits per heavy atom. The standard InChI is InChI=1S/C6H5.BrH.2ClH.Sn/c1-2-4-6-5-3-1;;;;/h1-5H;3*1H;/q;;;;+3/p-3. The monoisotopic (exact) mass is 346 g/mol. The molecule has 0 nitrogen and oxygen atoms in total. The Labute approximate surface area is 77.6 Å². The molecule has 0 aliphatic rings. The van der Waals surface area contributed by atoms with Crippen molar-refractivity contribution in [2.75, 3.05) is 0 Å². The molecule has 0 saturated carbocycles. The molecule has 54 valence electrons. The topological polar surface area (TPSA) is 0 Å². The molecule has 0 unspecified atom stereocenters. The van der Waals surface area contributed by atoms with Crippen LogP contribution in [0.1, 0.15) is 0 Å². The summed E-state index contributed by atoms with van der Waals surface area (Å²) in [5.74, 6) is 0. The summed E-state index contributed by atoms with van der Waals surface area (Å²) in [4.78, 5) is 0. The van der Waals surface area contributed by atoms with Gasteiger partial charge in [-0.05, 0) is 0 Å². The van der Waals surface area contributed by atoms with Gasteiger partial charge in [-0.1, -0.05) is 0 Å². The van der Waals surface area contributed by atoms with Crippen LogP contribution in [0.5, 0.6) is 0 Å². The van der Waals surface area contributed by atoms with Crippen LogP contribution in [-0.4, -0.2) is 13.9 Å². The van der Waals surface area contributed by atoms with Gasteiger partial charge in [0.2, 0.25) is 0 Å². The van der Waals surface area contributed by atoms with Crippen molar-refractivity contribution in [2.24, 2.45) is 0 Å². The summed E-state index contributed by atoms with van der Waals surface area (Å²) >= 11 is 0.372. The molecule has 0 spiro atoms. The van der Waals surface area contributed by atoms with Gasteiger partial charge in [0, 0.05) is 0 Å². The normalized spacial score (nSPS) is 11.5. The van der Waals surface area contributed by atoms with Crippen molar-refractivity contribution in [3.8, 4) is 0 Å². The molecular weight excluding hydrogens is 342 g/mol. The van der Waals surface area contributed by atoms with Crippen LogP contribution in [0, 0.1) is 0 Å². The van der Waals surface area contributed by atoms with Gasteiger partial charge in [-0.2, -0.15) is 0 Å². The van der Waals surface area contributed by atoms with Crippen LogP contribution in [0.2, 0.25) is 0 Å².